The zero-order valence-corrected chi connectivity index (χ0v) is 18.3. The second-order valence-corrected chi connectivity index (χ2v) is 8.01. The first kappa shape index (κ1) is 21.9. The van der Waals surface area contributed by atoms with E-state index in [9.17, 15) is 9.59 Å². The van der Waals surface area contributed by atoms with Gasteiger partial charge < -0.3 is 10.5 Å². The summed E-state index contributed by atoms with van der Waals surface area (Å²) in [5.74, 6) is 0.581. The molecule has 0 radical (unpaired) electrons. The van der Waals surface area contributed by atoms with Crippen LogP contribution in [0.4, 0.5) is 0 Å². The lowest BCUT2D eigenvalue weighted by Crippen LogP contribution is -2.16. The highest BCUT2D eigenvalue weighted by atomic mass is 35.5. The SMILES string of the molecule is CCC(CCc1c(C)n(C(=O)c2ccc(Cl)cc2)c2ccc(OC)cc12)CC(N)=O. The molecule has 2 N–H and O–H groups in total. The quantitative estimate of drug-likeness (QED) is 0.542. The smallest absolute Gasteiger partial charge is 0.262 e. The minimum atomic E-state index is -0.277. The molecule has 0 aliphatic rings. The van der Waals surface area contributed by atoms with Crippen molar-refractivity contribution in [2.75, 3.05) is 7.11 Å². The molecular weight excluding hydrogens is 400 g/mol. The summed E-state index contributed by atoms with van der Waals surface area (Å²) in [6.07, 6.45) is 2.84. The fraction of sp³-hybridized carbons (Fsp3) is 0.333. The number of rotatable bonds is 8. The van der Waals surface area contributed by atoms with Crippen molar-refractivity contribution in [3.8, 4) is 5.75 Å². The van der Waals surface area contributed by atoms with Crippen molar-refractivity contribution in [2.24, 2.45) is 11.7 Å². The number of amides is 1. The van der Waals surface area contributed by atoms with Crippen LogP contribution in [0.5, 0.6) is 5.75 Å². The summed E-state index contributed by atoms with van der Waals surface area (Å²) in [6.45, 7) is 4.03. The molecule has 2 aromatic carbocycles. The molecule has 158 valence electrons. The number of methoxy groups -OCH3 is 1. The van der Waals surface area contributed by atoms with Gasteiger partial charge in [0.2, 0.25) is 5.91 Å². The number of ether oxygens (including phenoxy) is 1. The molecule has 0 fully saturated rings. The Bertz CT molecular complexity index is 1070. The molecule has 30 heavy (non-hydrogen) atoms. The Hall–Kier alpha value is -2.79. The van der Waals surface area contributed by atoms with Crippen LogP contribution in [0.2, 0.25) is 5.02 Å². The number of hydrogen-bond donors (Lipinski definition) is 1. The Balaban J connectivity index is 2.05. The highest BCUT2D eigenvalue weighted by molar-refractivity contribution is 6.30. The monoisotopic (exact) mass is 426 g/mol. The van der Waals surface area contributed by atoms with Crippen LogP contribution in [-0.4, -0.2) is 23.5 Å². The highest BCUT2D eigenvalue weighted by Crippen LogP contribution is 2.32. The van der Waals surface area contributed by atoms with Gasteiger partial charge in [0, 0.05) is 28.1 Å². The number of nitrogens with zero attached hydrogens (tertiary/aromatic N) is 1. The lowest BCUT2D eigenvalue weighted by molar-refractivity contribution is -0.119. The Morgan fingerprint density at radius 3 is 2.47 bits per heavy atom. The number of halogens is 1. The molecule has 0 spiro atoms. The minimum Gasteiger partial charge on any atom is -0.497 e. The number of nitrogens with two attached hydrogens (primary N) is 1. The van der Waals surface area contributed by atoms with Crippen molar-refractivity contribution in [2.45, 2.75) is 39.5 Å². The number of carbonyl (C=O) groups excluding carboxylic acids is 2. The lowest BCUT2D eigenvalue weighted by atomic mass is 9.93. The molecule has 0 saturated heterocycles. The summed E-state index contributed by atoms with van der Waals surface area (Å²) in [7, 11) is 1.63. The number of benzene rings is 2. The highest BCUT2D eigenvalue weighted by Gasteiger charge is 2.21. The maximum absolute atomic E-state index is 13.3. The van der Waals surface area contributed by atoms with Crippen molar-refractivity contribution in [1.29, 1.82) is 0 Å². The van der Waals surface area contributed by atoms with E-state index in [0.717, 1.165) is 47.2 Å². The number of primary amides is 1. The predicted octanol–water partition coefficient (Wildman–Crippen LogP) is 5.13. The van der Waals surface area contributed by atoms with Crippen LogP contribution in [-0.2, 0) is 11.2 Å². The second kappa shape index (κ2) is 9.35. The van der Waals surface area contributed by atoms with Crippen molar-refractivity contribution >= 4 is 34.3 Å². The van der Waals surface area contributed by atoms with Gasteiger partial charge in [-0.2, -0.15) is 0 Å². The summed E-state index contributed by atoms with van der Waals surface area (Å²) < 4.78 is 7.17. The van der Waals surface area contributed by atoms with Gasteiger partial charge in [0.1, 0.15) is 5.75 Å². The average molecular weight is 427 g/mol. The van der Waals surface area contributed by atoms with Gasteiger partial charge in [-0.25, -0.2) is 0 Å². The van der Waals surface area contributed by atoms with E-state index in [2.05, 4.69) is 6.92 Å². The van der Waals surface area contributed by atoms with Crippen molar-refractivity contribution < 1.29 is 14.3 Å². The van der Waals surface area contributed by atoms with Gasteiger partial charge in [-0.3, -0.25) is 14.2 Å². The summed E-state index contributed by atoms with van der Waals surface area (Å²) in [5, 5.41) is 1.58. The van der Waals surface area contributed by atoms with E-state index >= 15 is 0 Å². The van der Waals surface area contributed by atoms with E-state index < -0.39 is 0 Å². The van der Waals surface area contributed by atoms with Crippen molar-refractivity contribution in [3.05, 3.63) is 64.3 Å². The summed E-state index contributed by atoms with van der Waals surface area (Å²) >= 11 is 5.98. The van der Waals surface area contributed by atoms with Crippen LogP contribution in [0.15, 0.2) is 42.5 Å². The second-order valence-electron chi connectivity index (χ2n) is 7.58. The van der Waals surface area contributed by atoms with E-state index in [-0.39, 0.29) is 17.7 Å². The maximum Gasteiger partial charge on any atom is 0.262 e. The maximum atomic E-state index is 13.3. The molecule has 1 unspecified atom stereocenters. The number of aromatic nitrogens is 1. The van der Waals surface area contributed by atoms with Crippen molar-refractivity contribution in [3.63, 3.8) is 0 Å². The third-order valence-electron chi connectivity index (χ3n) is 5.71. The molecule has 0 aliphatic carbocycles. The van der Waals surface area contributed by atoms with Crippen LogP contribution in [0, 0.1) is 12.8 Å². The molecule has 1 amide bonds. The van der Waals surface area contributed by atoms with Crippen LogP contribution in [0.25, 0.3) is 10.9 Å². The molecule has 1 heterocycles. The zero-order chi connectivity index (χ0) is 21.8. The fourth-order valence-corrected chi connectivity index (χ4v) is 4.10. The normalized spacial score (nSPS) is 12.1. The summed E-state index contributed by atoms with van der Waals surface area (Å²) in [4.78, 5) is 24.7. The molecule has 3 aromatic rings. The van der Waals surface area contributed by atoms with E-state index in [0.29, 0.717) is 17.0 Å². The first-order valence-electron chi connectivity index (χ1n) is 10.1. The minimum absolute atomic E-state index is 0.102. The topological polar surface area (TPSA) is 74.3 Å². The number of hydrogen-bond acceptors (Lipinski definition) is 3. The third-order valence-corrected chi connectivity index (χ3v) is 5.96. The predicted molar refractivity (Wildman–Crippen MR) is 120 cm³/mol. The summed E-state index contributed by atoms with van der Waals surface area (Å²) in [5.41, 5.74) is 8.80. The van der Waals surface area contributed by atoms with Gasteiger partial charge in [-0.05, 0) is 73.7 Å². The number of aryl methyl sites for hydroxylation is 1. The van der Waals surface area contributed by atoms with E-state index in [1.165, 1.54) is 0 Å². The van der Waals surface area contributed by atoms with Gasteiger partial charge >= 0.3 is 0 Å². The zero-order valence-electron chi connectivity index (χ0n) is 17.6. The Kier molecular flexibility index (Phi) is 6.83. The van der Waals surface area contributed by atoms with Gasteiger partial charge in [0.05, 0.1) is 12.6 Å². The van der Waals surface area contributed by atoms with Crippen LogP contribution < -0.4 is 10.5 Å². The fourth-order valence-electron chi connectivity index (χ4n) is 3.97. The molecule has 1 aromatic heterocycles. The van der Waals surface area contributed by atoms with Crippen LogP contribution in [0.1, 0.15) is 47.8 Å². The summed E-state index contributed by atoms with van der Waals surface area (Å²) in [6, 6.07) is 12.7. The molecule has 6 heteroatoms. The first-order valence-corrected chi connectivity index (χ1v) is 10.5. The van der Waals surface area contributed by atoms with Crippen molar-refractivity contribution in [1.82, 2.24) is 4.57 Å². The lowest BCUT2D eigenvalue weighted by Gasteiger charge is -2.13. The molecule has 3 rings (SSSR count). The van der Waals surface area contributed by atoms with Gasteiger partial charge in [-0.15, -0.1) is 0 Å². The Morgan fingerprint density at radius 1 is 1.17 bits per heavy atom. The van der Waals surface area contributed by atoms with Gasteiger partial charge in [0.15, 0.2) is 0 Å². The molecule has 1 atom stereocenters. The Morgan fingerprint density at radius 2 is 1.87 bits per heavy atom. The van der Waals surface area contributed by atoms with Crippen LogP contribution >= 0.6 is 11.6 Å². The Labute approximate surface area is 181 Å². The molecule has 5 nitrogen and oxygen atoms in total. The van der Waals surface area contributed by atoms with E-state index in [1.54, 1.807) is 35.9 Å². The average Bonchev–Trinajstić information content (AvgIpc) is 3.01. The number of carbonyl (C=O) groups is 2. The van der Waals surface area contributed by atoms with Gasteiger partial charge in [-0.1, -0.05) is 24.9 Å². The standard InChI is InChI=1S/C24H27ClN2O3/c1-4-16(13-23(26)28)5-11-20-15(2)27(22-12-10-19(30-3)14-21(20)22)24(29)17-6-8-18(25)9-7-17/h6-10,12,14,16H,4-5,11,13H2,1-3H3,(H2,26,28). The van der Waals surface area contributed by atoms with E-state index in [4.69, 9.17) is 22.1 Å². The molecular formula is C24H27ClN2O3. The molecule has 0 saturated carbocycles. The molecule has 0 bridgehead atoms. The van der Waals surface area contributed by atoms with E-state index in [1.807, 2.05) is 25.1 Å². The third kappa shape index (κ3) is 4.51. The largest absolute Gasteiger partial charge is 0.497 e. The van der Waals surface area contributed by atoms with Crippen LogP contribution in [0.3, 0.4) is 0 Å². The molecule has 0 aliphatic heterocycles. The first-order chi connectivity index (χ1) is 14.3. The number of fused-ring (bicyclic) bond motifs is 1. The van der Waals surface area contributed by atoms with Gasteiger partial charge in [0.25, 0.3) is 5.91 Å².